The number of fused-ring (bicyclic) bond motifs is 1. The molecule has 27 heavy (non-hydrogen) atoms. The number of nitrogens with two attached hydrogens (primary N) is 1. The largest absolute Gasteiger partial charge is 0.364 e. The molecule has 2 heterocycles. The minimum absolute atomic E-state index is 0.321. The van der Waals surface area contributed by atoms with Crippen LogP contribution in [0.5, 0.6) is 0 Å². The molecule has 5 rings (SSSR count). The lowest BCUT2D eigenvalue weighted by atomic mass is 9.68. The fourth-order valence-electron chi connectivity index (χ4n) is 4.13. The topological polar surface area (TPSA) is 73.8 Å². The molecule has 1 fully saturated rings. The van der Waals surface area contributed by atoms with Crippen LogP contribution in [0.1, 0.15) is 51.8 Å². The summed E-state index contributed by atoms with van der Waals surface area (Å²) in [5, 5.41) is 4.58. The Hall–Kier alpha value is -3.21. The van der Waals surface area contributed by atoms with Gasteiger partial charge in [-0.05, 0) is 36.1 Å². The van der Waals surface area contributed by atoms with Crippen molar-refractivity contribution < 1.29 is 4.79 Å². The molecule has 2 aliphatic carbocycles. The van der Waals surface area contributed by atoms with E-state index in [-0.39, 0.29) is 5.41 Å². The quantitative estimate of drug-likeness (QED) is 0.780. The predicted octanol–water partition coefficient (Wildman–Crippen LogP) is 3.27. The molecule has 1 unspecified atom stereocenters. The molecule has 2 N–H and O–H groups in total. The Morgan fingerprint density at radius 2 is 1.78 bits per heavy atom. The smallest absolute Gasteiger partial charge is 0.269 e. The molecule has 134 valence electrons. The van der Waals surface area contributed by atoms with Gasteiger partial charge in [-0.15, -0.1) is 0 Å². The van der Waals surface area contributed by atoms with Crippen molar-refractivity contribution in [2.75, 3.05) is 0 Å². The van der Waals surface area contributed by atoms with Crippen LogP contribution < -0.4 is 5.73 Å². The first-order chi connectivity index (χ1) is 13.2. The van der Waals surface area contributed by atoms with Gasteiger partial charge in [0.2, 0.25) is 0 Å². The standard InChI is InChI=1S/C22H20N4O/c23-21(27)20-18-8-11-22(15-4-2-1-3-5-15,16-9-12-24-13-10-16)14-19(18)26(25-20)17-6-7-17/h1-5,8-13,17H,6-7,14H2,(H2,23,27). The minimum atomic E-state index is -0.466. The zero-order valence-electron chi connectivity index (χ0n) is 14.9. The molecule has 0 radical (unpaired) electrons. The third kappa shape index (κ3) is 2.50. The number of benzene rings is 1. The molecule has 1 saturated carbocycles. The summed E-state index contributed by atoms with van der Waals surface area (Å²) in [5.74, 6) is -0.466. The van der Waals surface area contributed by atoms with E-state index in [2.05, 4.69) is 52.6 Å². The van der Waals surface area contributed by atoms with Crippen molar-refractivity contribution in [1.29, 1.82) is 0 Å². The van der Waals surface area contributed by atoms with Crippen LogP contribution >= 0.6 is 0 Å². The summed E-state index contributed by atoms with van der Waals surface area (Å²) in [6.07, 6.45) is 10.8. The summed E-state index contributed by atoms with van der Waals surface area (Å²) >= 11 is 0. The third-order valence-corrected chi connectivity index (χ3v) is 5.64. The second kappa shape index (κ2) is 5.91. The lowest BCUT2D eigenvalue weighted by Gasteiger charge is -2.35. The van der Waals surface area contributed by atoms with Crippen LogP contribution in [0.15, 0.2) is 60.9 Å². The van der Waals surface area contributed by atoms with E-state index >= 15 is 0 Å². The maximum absolute atomic E-state index is 11.9. The van der Waals surface area contributed by atoms with Gasteiger partial charge < -0.3 is 5.73 Å². The summed E-state index contributed by atoms with van der Waals surface area (Å²) < 4.78 is 2.04. The van der Waals surface area contributed by atoms with E-state index in [1.54, 1.807) is 0 Å². The first-order valence-electron chi connectivity index (χ1n) is 9.25. The number of allylic oxidation sites excluding steroid dienone is 1. The number of aromatic nitrogens is 3. The molecular weight excluding hydrogens is 336 g/mol. The van der Waals surface area contributed by atoms with Crippen molar-refractivity contribution in [3.05, 3.63) is 89.0 Å². The molecule has 0 spiro atoms. The molecule has 2 aromatic heterocycles. The van der Waals surface area contributed by atoms with Gasteiger partial charge in [-0.2, -0.15) is 5.10 Å². The molecule has 2 aliphatic rings. The molecule has 3 aromatic rings. The zero-order chi connectivity index (χ0) is 18.4. The Labute approximate surface area is 157 Å². The van der Waals surface area contributed by atoms with Crippen LogP contribution in [0.4, 0.5) is 0 Å². The van der Waals surface area contributed by atoms with Crippen LogP contribution in [0.2, 0.25) is 0 Å². The van der Waals surface area contributed by atoms with Gasteiger partial charge in [0.15, 0.2) is 5.69 Å². The fourth-order valence-corrected chi connectivity index (χ4v) is 4.13. The number of nitrogens with zero attached hydrogens (tertiary/aromatic N) is 3. The molecule has 1 aromatic carbocycles. The van der Waals surface area contributed by atoms with Crippen LogP contribution in [-0.2, 0) is 11.8 Å². The SMILES string of the molecule is NC(=O)c1nn(C2CC2)c2c1C=CC(c1ccccc1)(c1ccncc1)C2. The van der Waals surface area contributed by atoms with Crippen molar-refractivity contribution >= 4 is 12.0 Å². The Morgan fingerprint density at radius 1 is 1.07 bits per heavy atom. The van der Waals surface area contributed by atoms with Gasteiger partial charge >= 0.3 is 0 Å². The maximum atomic E-state index is 11.9. The second-order valence-corrected chi connectivity index (χ2v) is 7.33. The van der Waals surface area contributed by atoms with Gasteiger partial charge in [0, 0.05) is 35.5 Å². The molecule has 1 atom stereocenters. The van der Waals surface area contributed by atoms with Gasteiger partial charge in [0.25, 0.3) is 5.91 Å². The van der Waals surface area contributed by atoms with Gasteiger partial charge in [-0.25, -0.2) is 0 Å². The van der Waals surface area contributed by atoms with E-state index in [0.29, 0.717) is 11.7 Å². The van der Waals surface area contributed by atoms with Gasteiger partial charge in [0.1, 0.15) is 0 Å². The highest BCUT2D eigenvalue weighted by atomic mass is 16.1. The monoisotopic (exact) mass is 356 g/mol. The van der Waals surface area contributed by atoms with Crippen LogP contribution in [0, 0.1) is 0 Å². The van der Waals surface area contributed by atoms with Crippen LogP contribution in [0.3, 0.4) is 0 Å². The van der Waals surface area contributed by atoms with Gasteiger partial charge in [-0.1, -0.05) is 42.5 Å². The van der Waals surface area contributed by atoms with Crippen molar-refractivity contribution in [3.8, 4) is 0 Å². The Bertz CT molecular complexity index is 993. The summed E-state index contributed by atoms with van der Waals surface area (Å²) in [4.78, 5) is 16.1. The number of hydrogen-bond acceptors (Lipinski definition) is 3. The van der Waals surface area contributed by atoms with E-state index in [4.69, 9.17) is 5.73 Å². The van der Waals surface area contributed by atoms with Crippen molar-refractivity contribution in [2.45, 2.75) is 30.7 Å². The lowest BCUT2D eigenvalue weighted by molar-refractivity contribution is 0.0994. The summed E-state index contributed by atoms with van der Waals surface area (Å²) in [6, 6.07) is 15.0. The number of pyridine rings is 1. The number of amides is 1. The highest BCUT2D eigenvalue weighted by Gasteiger charge is 2.40. The van der Waals surface area contributed by atoms with E-state index in [9.17, 15) is 4.79 Å². The number of carbonyl (C=O) groups excluding carboxylic acids is 1. The lowest BCUT2D eigenvalue weighted by Crippen LogP contribution is -2.31. The zero-order valence-corrected chi connectivity index (χ0v) is 14.9. The summed E-state index contributed by atoms with van der Waals surface area (Å²) in [6.45, 7) is 0. The first kappa shape index (κ1) is 16.0. The third-order valence-electron chi connectivity index (χ3n) is 5.64. The molecule has 5 heteroatoms. The molecule has 0 bridgehead atoms. The normalized spacial score (nSPS) is 21.0. The van der Waals surface area contributed by atoms with Gasteiger partial charge in [-0.3, -0.25) is 14.5 Å². The maximum Gasteiger partial charge on any atom is 0.269 e. The van der Waals surface area contributed by atoms with Crippen molar-refractivity contribution in [3.63, 3.8) is 0 Å². The average molecular weight is 356 g/mol. The summed E-state index contributed by atoms with van der Waals surface area (Å²) in [7, 11) is 0. The predicted molar refractivity (Wildman–Crippen MR) is 103 cm³/mol. The summed E-state index contributed by atoms with van der Waals surface area (Å²) in [5.41, 5.74) is 10.0. The van der Waals surface area contributed by atoms with E-state index in [0.717, 1.165) is 30.5 Å². The van der Waals surface area contributed by atoms with Crippen molar-refractivity contribution in [2.24, 2.45) is 5.73 Å². The number of rotatable bonds is 4. The first-order valence-corrected chi connectivity index (χ1v) is 9.25. The molecule has 5 nitrogen and oxygen atoms in total. The highest BCUT2D eigenvalue weighted by molar-refractivity contribution is 5.95. The number of hydrogen-bond donors (Lipinski definition) is 1. The van der Waals surface area contributed by atoms with E-state index in [1.165, 1.54) is 11.1 Å². The van der Waals surface area contributed by atoms with Gasteiger partial charge in [0.05, 0.1) is 6.04 Å². The molecule has 0 aliphatic heterocycles. The molecular formula is C22H20N4O. The average Bonchev–Trinajstić information content (AvgIpc) is 3.49. The van der Waals surface area contributed by atoms with Crippen LogP contribution in [-0.4, -0.2) is 20.7 Å². The Balaban J connectivity index is 1.73. The second-order valence-electron chi connectivity index (χ2n) is 7.33. The fraction of sp³-hybridized carbons (Fsp3) is 0.227. The Morgan fingerprint density at radius 3 is 2.44 bits per heavy atom. The Kier molecular flexibility index (Phi) is 3.50. The highest BCUT2D eigenvalue weighted by Crippen LogP contribution is 2.45. The molecule has 0 saturated heterocycles. The van der Waals surface area contributed by atoms with E-state index < -0.39 is 5.91 Å². The molecule has 1 amide bonds. The number of primary amides is 1. The van der Waals surface area contributed by atoms with Crippen molar-refractivity contribution in [1.82, 2.24) is 14.8 Å². The minimum Gasteiger partial charge on any atom is -0.364 e. The van der Waals surface area contributed by atoms with E-state index in [1.807, 2.05) is 29.2 Å². The number of carbonyl (C=O) groups is 1. The van der Waals surface area contributed by atoms with Crippen LogP contribution in [0.25, 0.3) is 6.08 Å².